The molecule has 2 aromatic carbocycles. The minimum atomic E-state index is -0.890. The molecule has 2 N–H and O–H groups in total. The van der Waals surface area contributed by atoms with Crippen molar-refractivity contribution in [1.82, 2.24) is 5.32 Å². The first-order valence-electron chi connectivity index (χ1n) is 7.42. The Labute approximate surface area is 145 Å². The summed E-state index contributed by atoms with van der Waals surface area (Å²) in [5, 5.41) is 12.2. The fourth-order valence-electron chi connectivity index (χ4n) is 2.14. The van der Waals surface area contributed by atoms with E-state index in [2.05, 4.69) is 5.32 Å². The Kier molecular flexibility index (Phi) is 6.21. The topological polar surface area (TPSA) is 75.6 Å². The van der Waals surface area contributed by atoms with Gasteiger partial charge in [0.25, 0.3) is 5.91 Å². The molecular weight excluding hydrogens is 330 g/mol. The summed E-state index contributed by atoms with van der Waals surface area (Å²) in [5.74, 6) is -0.621. The summed E-state index contributed by atoms with van der Waals surface area (Å²) in [7, 11) is 0. The van der Waals surface area contributed by atoms with Gasteiger partial charge in [0.1, 0.15) is 5.75 Å². The first kappa shape index (κ1) is 17.8. The van der Waals surface area contributed by atoms with Crippen molar-refractivity contribution in [3.63, 3.8) is 0 Å². The number of benzene rings is 2. The van der Waals surface area contributed by atoms with Crippen LogP contribution in [0.4, 0.5) is 0 Å². The highest BCUT2D eigenvalue weighted by molar-refractivity contribution is 6.30. The van der Waals surface area contributed by atoms with Crippen LogP contribution >= 0.6 is 11.6 Å². The zero-order chi connectivity index (χ0) is 17.5. The molecular formula is C18H18ClNO4. The molecule has 6 heteroatoms. The molecule has 0 bridgehead atoms. The van der Waals surface area contributed by atoms with E-state index >= 15 is 0 Å². The van der Waals surface area contributed by atoms with Gasteiger partial charge < -0.3 is 15.2 Å². The third kappa shape index (κ3) is 5.59. The highest BCUT2D eigenvalue weighted by Crippen LogP contribution is 2.16. The smallest absolute Gasteiger partial charge is 0.307 e. The average molecular weight is 348 g/mol. The number of nitrogens with one attached hydrogen (secondary N) is 1. The molecule has 0 aliphatic heterocycles. The molecule has 2 rings (SSSR count). The number of ether oxygens (including phenoxy) is 1. The molecule has 0 aliphatic rings. The van der Waals surface area contributed by atoms with Crippen molar-refractivity contribution in [2.24, 2.45) is 0 Å². The summed E-state index contributed by atoms with van der Waals surface area (Å²) in [4.78, 5) is 22.6. The normalized spacial score (nSPS) is 11.6. The van der Waals surface area contributed by atoms with Crippen LogP contribution in [-0.2, 0) is 16.0 Å². The molecule has 0 radical (unpaired) electrons. The van der Waals surface area contributed by atoms with Gasteiger partial charge in [-0.2, -0.15) is 0 Å². The Morgan fingerprint density at radius 1 is 1.12 bits per heavy atom. The molecule has 24 heavy (non-hydrogen) atoms. The summed E-state index contributed by atoms with van der Waals surface area (Å²) >= 11 is 5.84. The molecule has 0 spiro atoms. The lowest BCUT2D eigenvalue weighted by Crippen LogP contribution is -2.31. The number of hydrogen-bond acceptors (Lipinski definition) is 3. The lowest BCUT2D eigenvalue weighted by atomic mass is 10.1. The SMILES string of the molecule is C[C@@H](NC(=O)COc1ccc(CC(=O)O)cc1)c1ccc(Cl)cc1. The van der Waals surface area contributed by atoms with E-state index in [1.165, 1.54) is 0 Å². The van der Waals surface area contributed by atoms with Crippen LogP contribution in [0.5, 0.6) is 5.75 Å². The predicted molar refractivity (Wildman–Crippen MR) is 91.3 cm³/mol. The molecule has 126 valence electrons. The molecule has 1 atom stereocenters. The van der Waals surface area contributed by atoms with Crippen molar-refractivity contribution in [1.29, 1.82) is 0 Å². The third-order valence-electron chi connectivity index (χ3n) is 3.40. The van der Waals surface area contributed by atoms with Crippen LogP contribution in [-0.4, -0.2) is 23.6 Å². The molecule has 0 aromatic heterocycles. The Bertz CT molecular complexity index is 698. The monoisotopic (exact) mass is 347 g/mol. The van der Waals surface area contributed by atoms with E-state index in [4.69, 9.17) is 21.4 Å². The minimum absolute atomic E-state index is 0.0423. The summed E-state index contributed by atoms with van der Waals surface area (Å²) in [6, 6.07) is 13.7. The number of amides is 1. The maximum Gasteiger partial charge on any atom is 0.307 e. The van der Waals surface area contributed by atoms with E-state index in [1.807, 2.05) is 19.1 Å². The number of carboxylic acids is 1. The second-order valence-electron chi connectivity index (χ2n) is 5.34. The number of hydrogen-bond donors (Lipinski definition) is 2. The van der Waals surface area contributed by atoms with Gasteiger partial charge in [0.15, 0.2) is 6.61 Å². The number of carbonyl (C=O) groups excluding carboxylic acids is 1. The zero-order valence-electron chi connectivity index (χ0n) is 13.2. The van der Waals surface area contributed by atoms with Gasteiger partial charge in [-0.3, -0.25) is 9.59 Å². The van der Waals surface area contributed by atoms with Crippen LogP contribution in [0.25, 0.3) is 0 Å². The van der Waals surface area contributed by atoms with Crippen molar-refractivity contribution >= 4 is 23.5 Å². The molecule has 0 saturated heterocycles. The highest BCUT2D eigenvalue weighted by atomic mass is 35.5. The van der Waals surface area contributed by atoms with Crippen molar-refractivity contribution in [3.05, 3.63) is 64.7 Å². The number of rotatable bonds is 7. The Morgan fingerprint density at radius 2 is 1.75 bits per heavy atom. The first-order valence-corrected chi connectivity index (χ1v) is 7.80. The van der Waals surface area contributed by atoms with Gasteiger partial charge in [0.2, 0.25) is 0 Å². The maximum atomic E-state index is 11.9. The van der Waals surface area contributed by atoms with E-state index in [0.717, 1.165) is 5.56 Å². The van der Waals surface area contributed by atoms with Gasteiger partial charge in [0.05, 0.1) is 12.5 Å². The Hall–Kier alpha value is -2.53. The Balaban J connectivity index is 1.82. The second kappa shape index (κ2) is 8.36. The van der Waals surface area contributed by atoms with E-state index in [-0.39, 0.29) is 25.0 Å². The maximum absolute atomic E-state index is 11.9. The largest absolute Gasteiger partial charge is 0.484 e. The first-order chi connectivity index (χ1) is 11.4. The lowest BCUT2D eigenvalue weighted by molar-refractivity contribution is -0.136. The number of aliphatic carboxylic acids is 1. The molecule has 0 aliphatic carbocycles. The van der Waals surface area contributed by atoms with Crippen LogP contribution in [0, 0.1) is 0 Å². The molecule has 5 nitrogen and oxygen atoms in total. The zero-order valence-corrected chi connectivity index (χ0v) is 13.9. The molecule has 0 unspecified atom stereocenters. The van der Waals surface area contributed by atoms with Crippen molar-refractivity contribution in [2.45, 2.75) is 19.4 Å². The van der Waals surface area contributed by atoms with E-state index < -0.39 is 5.97 Å². The van der Waals surface area contributed by atoms with Crippen LogP contribution in [0.1, 0.15) is 24.1 Å². The van der Waals surface area contributed by atoms with Gasteiger partial charge in [-0.25, -0.2) is 0 Å². The standard InChI is InChI=1S/C18H18ClNO4/c1-12(14-4-6-15(19)7-5-14)20-17(21)11-24-16-8-2-13(3-9-16)10-18(22)23/h2-9,12H,10-11H2,1H3,(H,20,21)(H,22,23)/t12-/m1/s1. The van der Waals surface area contributed by atoms with Crippen molar-refractivity contribution < 1.29 is 19.4 Å². The van der Waals surface area contributed by atoms with Gasteiger partial charge in [-0.05, 0) is 42.3 Å². The van der Waals surface area contributed by atoms with E-state index in [1.54, 1.807) is 36.4 Å². The molecule has 0 fully saturated rings. The average Bonchev–Trinajstić information content (AvgIpc) is 2.54. The van der Waals surface area contributed by atoms with Gasteiger partial charge in [-0.1, -0.05) is 35.9 Å². The van der Waals surface area contributed by atoms with Gasteiger partial charge >= 0.3 is 5.97 Å². The van der Waals surface area contributed by atoms with E-state index in [9.17, 15) is 9.59 Å². The Morgan fingerprint density at radius 3 is 2.33 bits per heavy atom. The fraction of sp³-hybridized carbons (Fsp3) is 0.222. The quantitative estimate of drug-likeness (QED) is 0.806. The van der Waals surface area contributed by atoms with Crippen LogP contribution in [0.15, 0.2) is 48.5 Å². The van der Waals surface area contributed by atoms with Gasteiger partial charge in [0, 0.05) is 5.02 Å². The minimum Gasteiger partial charge on any atom is -0.484 e. The number of halogens is 1. The van der Waals surface area contributed by atoms with Crippen LogP contribution in [0.2, 0.25) is 5.02 Å². The summed E-state index contributed by atoms with van der Waals surface area (Å²) in [6.45, 7) is 1.76. The predicted octanol–water partition coefficient (Wildman–Crippen LogP) is 3.22. The summed E-state index contributed by atoms with van der Waals surface area (Å²) in [6.07, 6.45) is -0.0423. The van der Waals surface area contributed by atoms with E-state index in [0.29, 0.717) is 16.3 Å². The fourth-order valence-corrected chi connectivity index (χ4v) is 2.27. The van der Waals surface area contributed by atoms with Crippen molar-refractivity contribution in [2.75, 3.05) is 6.61 Å². The molecule has 2 aromatic rings. The lowest BCUT2D eigenvalue weighted by Gasteiger charge is -2.15. The molecule has 0 heterocycles. The summed E-state index contributed by atoms with van der Waals surface area (Å²) in [5.41, 5.74) is 1.63. The third-order valence-corrected chi connectivity index (χ3v) is 3.65. The summed E-state index contributed by atoms with van der Waals surface area (Å²) < 4.78 is 5.40. The number of carbonyl (C=O) groups is 2. The molecule has 0 saturated carbocycles. The molecule has 1 amide bonds. The highest BCUT2D eigenvalue weighted by Gasteiger charge is 2.10. The van der Waals surface area contributed by atoms with Crippen LogP contribution < -0.4 is 10.1 Å². The van der Waals surface area contributed by atoms with Crippen LogP contribution in [0.3, 0.4) is 0 Å². The van der Waals surface area contributed by atoms with Crippen molar-refractivity contribution in [3.8, 4) is 5.75 Å². The second-order valence-corrected chi connectivity index (χ2v) is 5.78. The number of carboxylic acid groups (broad SMARTS) is 1. The van der Waals surface area contributed by atoms with Gasteiger partial charge in [-0.15, -0.1) is 0 Å².